The molecule has 26 heavy (non-hydrogen) atoms. The Hall–Kier alpha value is -2.83. The molecule has 2 aromatic rings. The van der Waals surface area contributed by atoms with Gasteiger partial charge in [-0.05, 0) is 52.8 Å². The van der Waals surface area contributed by atoms with E-state index in [0.29, 0.717) is 5.56 Å². The number of nitrogens with zero attached hydrogens (tertiary/aromatic N) is 1. The van der Waals surface area contributed by atoms with Gasteiger partial charge in [0.2, 0.25) is 0 Å². The van der Waals surface area contributed by atoms with E-state index in [1.807, 2.05) is 32.3 Å². The highest BCUT2D eigenvalue weighted by atomic mass is 19.1. The lowest BCUT2D eigenvalue weighted by molar-refractivity contribution is -0.128. The molecule has 0 aliphatic heterocycles. The predicted molar refractivity (Wildman–Crippen MR) is 96.4 cm³/mol. The number of halogens is 1. The number of aromatic nitrogens is 1. The number of para-hydroxylation sites is 1. The summed E-state index contributed by atoms with van der Waals surface area (Å²) >= 11 is 0. The maximum absolute atomic E-state index is 13.6. The molecule has 1 atom stereocenters. The third-order valence-electron chi connectivity index (χ3n) is 4.05. The van der Waals surface area contributed by atoms with Crippen molar-refractivity contribution < 1.29 is 18.7 Å². The second kappa shape index (κ2) is 8.03. The number of carbonyl (C=O) groups is 2. The van der Waals surface area contributed by atoms with Crippen LogP contribution in [0.15, 0.2) is 30.3 Å². The van der Waals surface area contributed by atoms with E-state index >= 15 is 0 Å². The van der Waals surface area contributed by atoms with E-state index in [2.05, 4.69) is 10.9 Å². The van der Waals surface area contributed by atoms with Gasteiger partial charge in [-0.1, -0.05) is 12.1 Å². The Balaban J connectivity index is 1.98. The molecule has 0 fully saturated rings. The monoisotopic (exact) mass is 361 g/mol. The second-order valence-corrected chi connectivity index (χ2v) is 6.38. The Morgan fingerprint density at radius 2 is 1.77 bits per heavy atom. The summed E-state index contributed by atoms with van der Waals surface area (Å²) in [4.78, 5) is 24.4. The van der Waals surface area contributed by atoms with Crippen molar-refractivity contribution >= 4 is 11.8 Å². The normalized spacial score (nSPS) is 12.0. The van der Waals surface area contributed by atoms with Crippen LogP contribution in [0.5, 0.6) is 5.75 Å². The highest BCUT2D eigenvalue weighted by molar-refractivity contribution is 5.97. The standard InChI is InChI=1S/C19H24FN3O3/c1-11(2)23-12(3)10-15(13(23)4)19(25)22-21-18(24)14(5)26-17-9-7-6-8-16(17)20/h6-11,14H,1-5H3,(H,21,24)(H,22,25)/t14-/m1/s1. The van der Waals surface area contributed by atoms with Crippen LogP contribution in [-0.2, 0) is 4.79 Å². The van der Waals surface area contributed by atoms with Gasteiger partial charge < -0.3 is 9.30 Å². The summed E-state index contributed by atoms with van der Waals surface area (Å²) < 4.78 is 20.9. The van der Waals surface area contributed by atoms with Gasteiger partial charge in [-0.15, -0.1) is 0 Å². The number of carbonyl (C=O) groups excluding carboxylic acids is 2. The van der Waals surface area contributed by atoms with Gasteiger partial charge in [0.05, 0.1) is 5.56 Å². The molecule has 0 saturated heterocycles. The van der Waals surface area contributed by atoms with Crippen LogP contribution in [0.25, 0.3) is 0 Å². The molecule has 0 aliphatic rings. The fourth-order valence-electron chi connectivity index (χ4n) is 2.87. The summed E-state index contributed by atoms with van der Waals surface area (Å²) in [5, 5.41) is 0. The largest absolute Gasteiger partial charge is 0.478 e. The maximum Gasteiger partial charge on any atom is 0.279 e. The van der Waals surface area contributed by atoms with Crippen molar-refractivity contribution in [3.8, 4) is 5.75 Å². The van der Waals surface area contributed by atoms with Crippen LogP contribution in [0.1, 0.15) is 48.6 Å². The Labute approximate surface area is 152 Å². The van der Waals surface area contributed by atoms with Gasteiger partial charge in [-0.25, -0.2) is 4.39 Å². The minimum atomic E-state index is -0.977. The van der Waals surface area contributed by atoms with Gasteiger partial charge in [0.15, 0.2) is 17.7 Å². The molecule has 0 unspecified atom stereocenters. The number of aryl methyl sites for hydroxylation is 1. The van der Waals surface area contributed by atoms with Crippen LogP contribution in [0.4, 0.5) is 4.39 Å². The number of rotatable bonds is 5. The minimum Gasteiger partial charge on any atom is -0.478 e. The Morgan fingerprint density at radius 3 is 2.35 bits per heavy atom. The van der Waals surface area contributed by atoms with E-state index in [4.69, 9.17) is 4.74 Å². The van der Waals surface area contributed by atoms with Crippen LogP contribution in [-0.4, -0.2) is 22.5 Å². The lowest BCUT2D eigenvalue weighted by Crippen LogP contribution is -2.47. The fraction of sp³-hybridized carbons (Fsp3) is 0.368. The van der Waals surface area contributed by atoms with E-state index in [-0.39, 0.29) is 11.8 Å². The zero-order valence-corrected chi connectivity index (χ0v) is 15.6. The number of hydrazine groups is 1. The van der Waals surface area contributed by atoms with Crippen molar-refractivity contribution in [2.75, 3.05) is 0 Å². The second-order valence-electron chi connectivity index (χ2n) is 6.38. The fourth-order valence-corrected chi connectivity index (χ4v) is 2.87. The molecule has 2 N–H and O–H groups in total. The molecule has 0 spiro atoms. The van der Waals surface area contributed by atoms with Gasteiger partial charge in [0, 0.05) is 17.4 Å². The van der Waals surface area contributed by atoms with Crippen molar-refractivity contribution in [3.05, 3.63) is 53.1 Å². The number of hydrogen-bond donors (Lipinski definition) is 2. The van der Waals surface area contributed by atoms with E-state index in [0.717, 1.165) is 11.4 Å². The summed E-state index contributed by atoms with van der Waals surface area (Å²) in [6, 6.07) is 7.80. The number of amides is 2. The Kier molecular flexibility index (Phi) is 6.02. The van der Waals surface area contributed by atoms with Crippen molar-refractivity contribution in [1.29, 1.82) is 0 Å². The third-order valence-corrected chi connectivity index (χ3v) is 4.05. The molecule has 0 bridgehead atoms. The van der Waals surface area contributed by atoms with Crippen molar-refractivity contribution in [2.45, 2.75) is 46.8 Å². The smallest absolute Gasteiger partial charge is 0.279 e. The van der Waals surface area contributed by atoms with E-state index < -0.39 is 23.7 Å². The molecule has 2 amide bonds. The van der Waals surface area contributed by atoms with Gasteiger partial charge in [-0.2, -0.15) is 0 Å². The highest BCUT2D eigenvalue weighted by Gasteiger charge is 2.20. The summed E-state index contributed by atoms with van der Waals surface area (Å²) in [5.41, 5.74) is 6.95. The summed E-state index contributed by atoms with van der Waals surface area (Å²) in [6.07, 6.45) is -0.977. The summed E-state index contributed by atoms with van der Waals surface area (Å²) in [5.74, 6) is -1.59. The highest BCUT2D eigenvalue weighted by Crippen LogP contribution is 2.20. The zero-order valence-electron chi connectivity index (χ0n) is 15.6. The van der Waals surface area contributed by atoms with Crippen LogP contribution in [0.2, 0.25) is 0 Å². The molecular formula is C19H24FN3O3. The molecule has 0 saturated carbocycles. The summed E-state index contributed by atoms with van der Waals surface area (Å²) in [6.45, 7) is 9.31. The van der Waals surface area contributed by atoms with Crippen LogP contribution >= 0.6 is 0 Å². The maximum atomic E-state index is 13.6. The Morgan fingerprint density at radius 1 is 1.12 bits per heavy atom. The van der Waals surface area contributed by atoms with Crippen LogP contribution in [0.3, 0.4) is 0 Å². The molecular weight excluding hydrogens is 337 g/mol. The topological polar surface area (TPSA) is 72.4 Å². The van der Waals surface area contributed by atoms with E-state index in [1.165, 1.54) is 25.1 Å². The average molecular weight is 361 g/mol. The third kappa shape index (κ3) is 4.22. The Bertz CT molecular complexity index is 814. The first-order valence-electron chi connectivity index (χ1n) is 8.42. The molecule has 1 aromatic heterocycles. The van der Waals surface area contributed by atoms with Gasteiger partial charge in [0.1, 0.15) is 0 Å². The number of ether oxygens (including phenoxy) is 1. The molecule has 140 valence electrons. The van der Waals surface area contributed by atoms with Gasteiger partial charge >= 0.3 is 0 Å². The quantitative estimate of drug-likeness (QED) is 0.804. The average Bonchev–Trinajstić information content (AvgIpc) is 2.89. The van der Waals surface area contributed by atoms with Gasteiger partial charge in [0.25, 0.3) is 11.8 Å². The minimum absolute atomic E-state index is 0.0260. The first-order valence-corrected chi connectivity index (χ1v) is 8.42. The van der Waals surface area contributed by atoms with Crippen LogP contribution < -0.4 is 15.6 Å². The van der Waals surface area contributed by atoms with Crippen molar-refractivity contribution in [2.24, 2.45) is 0 Å². The first-order chi connectivity index (χ1) is 12.2. The SMILES string of the molecule is Cc1cc(C(=O)NNC(=O)[C@@H](C)Oc2ccccc2F)c(C)n1C(C)C. The lowest BCUT2D eigenvalue weighted by atomic mass is 10.2. The van der Waals surface area contributed by atoms with Crippen molar-refractivity contribution in [3.63, 3.8) is 0 Å². The van der Waals surface area contributed by atoms with E-state index in [9.17, 15) is 14.0 Å². The summed E-state index contributed by atoms with van der Waals surface area (Å²) in [7, 11) is 0. The number of nitrogens with one attached hydrogen (secondary N) is 2. The van der Waals surface area contributed by atoms with E-state index in [1.54, 1.807) is 12.1 Å². The molecule has 2 rings (SSSR count). The number of hydrogen-bond acceptors (Lipinski definition) is 3. The lowest BCUT2D eigenvalue weighted by Gasteiger charge is -2.16. The molecule has 1 heterocycles. The molecule has 6 nitrogen and oxygen atoms in total. The molecule has 1 aromatic carbocycles. The zero-order chi connectivity index (χ0) is 19.4. The molecule has 7 heteroatoms. The number of benzene rings is 1. The predicted octanol–water partition coefficient (Wildman–Crippen LogP) is 3.05. The van der Waals surface area contributed by atoms with Crippen LogP contribution in [0, 0.1) is 19.7 Å². The first kappa shape index (κ1) is 19.5. The van der Waals surface area contributed by atoms with Crippen molar-refractivity contribution in [1.82, 2.24) is 15.4 Å². The van der Waals surface area contributed by atoms with Gasteiger partial charge in [-0.3, -0.25) is 20.4 Å². The molecule has 0 aliphatic carbocycles. The molecule has 0 radical (unpaired) electrons.